The Balaban J connectivity index is 2.83. The SMILES string of the molecule is CC(O)CCc1ccc(Cl)c([N+](=O)[O-])c1. The summed E-state index contributed by atoms with van der Waals surface area (Å²) in [5.41, 5.74) is 0.728. The molecule has 0 aliphatic heterocycles. The van der Waals surface area contributed by atoms with Crippen LogP contribution >= 0.6 is 11.6 Å². The Hall–Kier alpha value is -1.13. The molecule has 1 aromatic carbocycles. The molecule has 1 rings (SSSR count). The van der Waals surface area contributed by atoms with Crippen LogP contribution in [0.3, 0.4) is 0 Å². The van der Waals surface area contributed by atoms with Gasteiger partial charge in [0.05, 0.1) is 11.0 Å². The molecule has 0 heterocycles. The lowest BCUT2D eigenvalue weighted by molar-refractivity contribution is -0.384. The number of aliphatic hydroxyl groups is 1. The number of benzene rings is 1. The van der Waals surface area contributed by atoms with Crippen LogP contribution in [0.2, 0.25) is 5.02 Å². The molecule has 82 valence electrons. The van der Waals surface area contributed by atoms with Crippen LogP contribution in [0.4, 0.5) is 5.69 Å². The van der Waals surface area contributed by atoms with Gasteiger partial charge >= 0.3 is 0 Å². The number of hydrogen-bond donors (Lipinski definition) is 1. The summed E-state index contributed by atoms with van der Waals surface area (Å²) in [4.78, 5) is 10.1. The molecule has 4 nitrogen and oxygen atoms in total. The fraction of sp³-hybridized carbons (Fsp3) is 0.400. The summed E-state index contributed by atoms with van der Waals surface area (Å²) in [5.74, 6) is 0. The molecule has 0 saturated heterocycles. The highest BCUT2D eigenvalue weighted by molar-refractivity contribution is 6.32. The fourth-order valence-corrected chi connectivity index (χ4v) is 1.42. The Morgan fingerprint density at radius 3 is 2.80 bits per heavy atom. The van der Waals surface area contributed by atoms with Crippen LogP contribution in [0.5, 0.6) is 0 Å². The molecular weight excluding hydrogens is 218 g/mol. The molecule has 1 N–H and O–H groups in total. The molecule has 0 spiro atoms. The predicted molar refractivity (Wildman–Crippen MR) is 58.1 cm³/mol. The third-order valence-corrected chi connectivity index (χ3v) is 2.38. The Bertz CT molecular complexity index is 366. The predicted octanol–water partition coefficient (Wildman–Crippen LogP) is 2.56. The highest BCUT2D eigenvalue weighted by Crippen LogP contribution is 2.25. The average molecular weight is 230 g/mol. The van der Waals surface area contributed by atoms with Crippen LogP contribution in [0.15, 0.2) is 18.2 Å². The molecule has 15 heavy (non-hydrogen) atoms. The van der Waals surface area contributed by atoms with Gasteiger partial charge in [-0.05, 0) is 31.4 Å². The number of nitrogens with zero attached hydrogens (tertiary/aromatic N) is 1. The highest BCUT2D eigenvalue weighted by atomic mass is 35.5. The first-order chi connectivity index (χ1) is 7.00. The van der Waals surface area contributed by atoms with Gasteiger partial charge in [0.2, 0.25) is 0 Å². The second kappa shape index (κ2) is 5.09. The standard InChI is InChI=1S/C10H12ClNO3/c1-7(13)2-3-8-4-5-9(11)10(6-8)12(14)15/h4-7,13H,2-3H2,1H3. The van der Waals surface area contributed by atoms with Crippen LogP contribution in [0.1, 0.15) is 18.9 Å². The molecule has 0 bridgehead atoms. The largest absolute Gasteiger partial charge is 0.393 e. The van der Waals surface area contributed by atoms with Crippen molar-refractivity contribution in [3.63, 3.8) is 0 Å². The normalized spacial score (nSPS) is 12.5. The van der Waals surface area contributed by atoms with E-state index in [9.17, 15) is 10.1 Å². The number of aliphatic hydroxyl groups excluding tert-OH is 1. The highest BCUT2D eigenvalue weighted by Gasteiger charge is 2.12. The summed E-state index contributed by atoms with van der Waals surface area (Å²) in [6, 6.07) is 4.69. The fourth-order valence-electron chi connectivity index (χ4n) is 1.23. The van der Waals surface area contributed by atoms with Gasteiger partial charge in [0.1, 0.15) is 5.02 Å². The number of nitro groups is 1. The van der Waals surface area contributed by atoms with Gasteiger partial charge in [-0.2, -0.15) is 0 Å². The molecule has 1 unspecified atom stereocenters. The van der Waals surface area contributed by atoms with Gasteiger partial charge in [0.15, 0.2) is 0 Å². The number of halogens is 1. The van der Waals surface area contributed by atoms with Gasteiger partial charge in [0, 0.05) is 6.07 Å². The Morgan fingerprint density at radius 2 is 2.27 bits per heavy atom. The quantitative estimate of drug-likeness (QED) is 0.638. The Morgan fingerprint density at radius 1 is 1.60 bits per heavy atom. The van der Waals surface area contributed by atoms with Crippen molar-refractivity contribution in [1.29, 1.82) is 0 Å². The Labute approximate surface area is 92.6 Å². The maximum absolute atomic E-state index is 10.6. The van der Waals surface area contributed by atoms with Gasteiger partial charge in [-0.25, -0.2) is 0 Å². The molecule has 0 amide bonds. The summed E-state index contributed by atoms with van der Waals surface area (Å²) >= 11 is 5.66. The van der Waals surface area contributed by atoms with Crippen molar-refractivity contribution >= 4 is 17.3 Å². The third-order valence-electron chi connectivity index (χ3n) is 2.06. The number of hydrogen-bond acceptors (Lipinski definition) is 3. The number of rotatable bonds is 4. The summed E-state index contributed by atoms with van der Waals surface area (Å²) in [6.45, 7) is 1.68. The molecule has 0 radical (unpaired) electrons. The van der Waals surface area contributed by atoms with Crippen LogP contribution < -0.4 is 0 Å². The maximum Gasteiger partial charge on any atom is 0.288 e. The molecule has 1 atom stereocenters. The molecule has 0 aliphatic carbocycles. The molecular formula is C10H12ClNO3. The first kappa shape index (κ1) is 11.9. The van der Waals surface area contributed by atoms with E-state index in [1.807, 2.05) is 0 Å². The van der Waals surface area contributed by atoms with Crippen molar-refractivity contribution in [2.45, 2.75) is 25.9 Å². The average Bonchev–Trinajstić information content (AvgIpc) is 2.16. The minimum absolute atomic E-state index is 0.0836. The van der Waals surface area contributed by atoms with E-state index in [0.717, 1.165) is 5.56 Å². The summed E-state index contributed by atoms with van der Waals surface area (Å²) < 4.78 is 0. The van der Waals surface area contributed by atoms with E-state index in [1.54, 1.807) is 13.0 Å². The first-order valence-corrected chi connectivity index (χ1v) is 4.99. The zero-order valence-electron chi connectivity index (χ0n) is 8.31. The lowest BCUT2D eigenvalue weighted by Crippen LogP contribution is -2.01. The van der Waals surface area contributed by atoms with E-state index in [1.165, 1.54) is 12.1 Å². The summed E-state index contributed by atoms with van der Waals surface area (Å²) in [6.07, 6.45) is 0.786. The molecule has 5 heteroatoms. The first-order valence-electron chi connectivity index (χ1n) is 4.61. The molecule has 0 aliphatic rings. The minimum atomic E-state index is -0.506. The Kier molecular flexibility index (Phi) is 4.05. The number of aryl methyl sites for hydroxylation is 1. The van der Waals surface area contributed by atoms with Crippen LogP contribution in [-0.2, 0) is 6.42 Å². The monoisotopic (exact) mass is 229 g/mol. The van der Waals surface area contributed by atoms with Gasteiger partial charge in [-0.1, -0.05) is 17.7 Å². The van der Waals surface area contributed by atoms with Gasteiger partial charge < -0.3 is 5.11 Å². The lowest BCUT2D eigenvalue weighted by Gasteiger charge is -2.04. The van der Waals surface area contributed by atoms with E-state index in [4.69, 9.17) is 16.7 Å². The lowest BCUT2D eigenvalue weighted by atomic mass is 10.1. The van der Waals surface area contributed by atoms with E-state index in [-0.39, 0.29) is 10.7 Å². The molecule has 1 aromatic rings. The van der Waals surface area contributed by atoms with E-state index < -0.39 is 11.0 Å². The minimum Gasteiger partial charge on any atom is -0.393 e. The number of nitro benzene ring substituents is 1. The van der Waals surface area contributed by atoms with Crippen LogP contribution in [0, 0.1) is 10.1 Å². The third kappa shape index (κ3) is 3.49. The van der Waals surface area contributed by atoms with E-state index >= 15 is 0 Å². The second-order valence-electron chi connectivity index (χ2n) is 3.43. The topological polar surface area (TPSA) is 63.4 Å². The van der Waals surface area contributed by atoms with Crippen molar-refractivity contribution in [3.05, 3.63) is 38.9 Å². The van der Waals surface area contributed by atoms with Crippen molar-refractivity contribution < 1.29 is 10.0 Å². The molecule has 0 aromatic heterocycles. The van der Waals surface area contributed by atoms with E-state index in [2.05, 4.69) is 0 Å². The maximum atomic E-state index is 10.6. The smallest absolute Gasteiger partial charge is 0.288 e. The summed E-state index contributed by atoms with van der Waals surface area (Å²) in [7, 11) is 0. The van der Waals surface area contributed by atoms with Gasteiger partial charge in [-0.3, -0.25) is 10.1 Å². The van der Waals surface area contributed by atoms with E-state index in [0.29, 0.717) is 12.8 Å². The molecule has 0 fully saturated rings. The van der Waals surface area contributed by atoms with Crippen molar-refractivity contribution in [3.8, 4) is 0 Å². The van der Waals surface area contributed by atoms with Crippen LogP contribution in [0.25, 0.3) is 0 Å². The van der Waals surface area contributed by atoms with Crippen molar-refractivity contribution in [2.24, 2.45) is 0 Å². The van der Waals surface area contributed by atoms with Gasteiger partial charge in [-0.15, -0.1) is 0 Å². The second-order valence-corrected chi connectivity index (χ2v) is 3.84. The summed E-state index contributed by atoms with van der Waals surface area (Å²) in [5, 5.41) is 19.8. The molecule has 0 saturated carbocycles. The zero-order valence-corrected chi connectivity index (χ0v) is 9.07. The van der Waals surface area contributed by atoms with Crippen LogP contribution in [-0.4, -0.2) is 16.1 Å². The van der Waals surface area contributed by atoms with Gasteiger partial charge in [0.25, 0.3) is 5.69 Å². The zero-order chi connectivity index (χ0) is 11.4. The van der Waals surface area contributed by atoms with Crippen molar-refractivity contribution in [2.75, 3.05) is 0 Å². The van der Waals surface area contributed by atoms with Crippen molar-refractivity contribution in [1.82, 2.24) is 0 Å².